The molecule has 0 saturated heterocycles. The number of hydrogen-bond acceptors (Lipinski definition) is 6. The Morgan fingerprint density at radius 3 is 2.71 bits per heavy atom. The fourth-order valence-corrected chi connectivity index (χ4v) is 8.26. The minimum absolute atomic E-state index is 0.0499. The zero-order valence-corrected chi connectivity index (χ0v) is 22.1. The molecule has 3 fully saturated rings. The molecule has 3 aliphatic rings. The lowest BCUT2D eigenvalue weighted by Gasteiger charge is -2.61. The Balaban J connectivity index is 1.67. The largest absolute Gasteiger partial charge is 0.461 e. The van der Waals surface area contributed by atoms with Crippen LogP contribution in [0.15, 0.2) is 41.8 Å². The molecule has 2 bridgehead atoms. The summed E-state index contributed by atoms with van der Waals surface area (Å²) in [5.41, 5.74) is -0.871. The molecule has 0 aromatic heterocycles. The molecule has 3 unspecified atom stereocenters. The predicted molar refractivity (Wildman–Crippen MR) is 137 cm³/mol. The average Bonchev–Trinajstić information content (AvgIpc) is 3.21. The van der Waals surface area contributed by atoms with E-state index in [0.29, 0.717) is 18.4 Å². The van der Waals surface area contributed by atoms with E-state index in [1.165, 1.54) is 11.8 Å². The van der Waals surface area contributed by atoms with Gasteiger partial charge in [0.1, 0.15) is 18.2 Å². The van der Waals surface area contributed by atoms with Crippen LogP contribution in [0.3, 0.4) is 0 Å². The van der Waals surface area contributed by atoms with E-state index in [1.54, 1.807) is 18.2 Å². The van der Waals surface area contributed by atoms with Crippen molar-refractivity contribution in [2.24, 2.45) is 34.0 Å². The van der Waals surface area contributed by atoms with Gasteiger partial charge < -0.3 is 9.84 Å². The normalized spacial score (nSPS) is 40.8. The van der Waals surface area contributed by atoms with Crippen LogP contribution in [0.1, 0.15) is 70.2 Å². The topological polar surface area (TPSA) is 80.7 Å². The van der Waals surface area contributed by atoms with Crippen molar-refractivity contribution >= 4 is 29.8 Å². The van der Waals surface area contributed by atoms with E-state index < -0.39 is 23.0 Å². The first-order valence-corrected chi connectivity index (χ1v) is 13.7. The highest BCUT2D eigenvalue weighted by Gasteiger charge is 2.68. The van der Waals surface area contributed by atoms with Crippen LogP contribution >= 0.6 is 11.8 Å². The molecule has 0 spiro atoms. The summed E-state index contributed by atoms with van der Waals surface area (Å²) < 4.78 is 6.26. The number of carbonyl (C=O) groups is 3. The summed E-state index contributed by atoms with van der Waals surface area (Å²) in [7, 11) is 0. The molecule has 1 N–H and O–H groups in total. The highest BCUT2D eigenvalue weighted by molar-refractivity contribution is 8.00. The van der Waals surface area contributed by atoms with Gasteiger partial charge >= 0.3 is 5.97 Å². The summed E-state index contributed by atoms with van der Waals surface area (Å²) in [4.78, 5) is 38.5. The van der Waals surface area contributed by atoms with Crippen molar-refractivity contribution in [1.82, 2.24) is 0 Å². The van der Waals surface area contributed by atoms with Crippen molar-refractivity contribution in [3.8, 4) is 0 Å². The number of aldehydes is 1. The molecule has 0 heterocycles. The molecule has 3 saturated carbocycles. The third kappa shape index (κ3) is 4.21. The number of esters is 1. The average molecular weight is 499 g/mol. The summed E-state index contributed by atoms with van der Waals surface area (Å²) in [5, 5.41) is 11.6. The maximum Gasteiger partial charge on any atom is 0.316 e. The molecule has 1 aromatic rings. The SMILES string of the molecule is C=C[C@]1(C)C[C@@H](OC(=O)CSc2cccc(C=O)c2)[C@]2(C)C(C)CCC3(CCC(=O)C32)[C@@H](C)[C@@H]1O. The lowest BCUT2D eigenvalue weighted by molar-refractivity contribution is -0.205. The lowest BCUT2D eigenvalue weighted by atomic mass is 9.44. The third-order valence-electron chi connectivity index (χ3n) is 9.93. The van der Waals surface area contributed by atoms with Crippen LogP contribution in [-0.4, -0.2) is 41.1 Å². The van der Waals surface area contributed by atoms with Gasteiger partial charge in [-0.3, -0.25) is 14.4 Å². The highest BCUT2D eigenvalue weighted by Crippen LogP contribution is 2.68. The van der Waals surface area contributed by atoms with Crippen molar-refractivity contribution in [2.45, 2.75) is 76.9 Å². The molecule has 0 amide bonds. The zero-order chi connectivity index (χ0) is 25.6. The molecule has 0 aliphatic heterocycles. The smallest absolute Gasteiger partial charge is 0.316 e. The summed E-state index contributed by atoms with van der Waals surface area (Å²) in [6, 6.07) is 7.13. The number of thioether (sulfide) groups is 1. The van der Waals surface area contributed by atoms with E-state index in [2.05, 4.69) is 27.4 Å². The molecular formula is C29H38O5S. The van der Waals surface area contributed by atoms with Gasteiger partial charge in [0.25, 0.3) is 0 Å². The summed E-state index contributed by atoms with van der Waals surface area (Å²) in [6.07, 6.45) is 5.02. The molecule has 5 nitrogen and oxygen atoms in total. The molecule has 1 aromatic carbocycles. The molecule has 3 aliphatic carbocycles. The second-order valence-electron chi connectivity index (χ2n) is 11.5. The van der Waals surface area contributed by atoms with Crippen LogP contribution in [-0.2, 0) is 14.3 Å². The molecule has 6 heteroatoms. The third-order valence-corrected chi connectivity index (χ3v) is 10.9. The van der Waals surface area contributed by atoms with E-state index in [0.717, 1.165) is 30.4 Å². The summed E-state index contributed by atoms with van der Waals surface area (Å²) in [6.45, 7) is 12.5. The monoisotopic (exact) mass is 498 g/mol. The Bertz CT molecular complexity index is 1020. The van der Waals surface area contributed by atoms with Crippen LogP contribution in [0.2, 0.25) is 0 Å². The second kappa shape index (κ2) is 9.51. The molecule has 190 valence electrons. The first-order chi connectivity index (χ1) is 16.5. The Labute approximate surface area is 213 Å². The van der Waals surface area contributed by atoms with Crippen molar-refractivity contribution in [3.05, 3.63) is 42.5 Å². The zero-order valence-electron chi connectivity index (χ0n) is 21.3. The molecule has 0 radical (unpaired) electrons. The van der Waals surface area contributed by atoms with Crippen LogP contribution < -0.4 is 0 Å². The van der Waals surface area contributed by atoms with Gasteiger partial charge in [0.15, 0.2) is 0 Å². The number of Topliss-reactive ketones (excluding diaryl/α,β-unsaturated/α-hetero) is 1. The number of hydrogen-bond donors (Lipinski definition) is 1. The van der Waals surface area contributed by atoms with Crippen LogP contribution in [0.4, 0.5) is 0 Å². The molecule has 4 rings (SSSR count). The Morgan fingerprint density at radius 1 is 1.29 bits per heavy atom. The first-order valence-electron chi connectivity index (χ1n) is 12.7. The number of aliphatic hydroxyl groups is 1. The molecule has 8 atom stereocenters. The van der Waals surface area contributed by atoms with Gasteiger partial charge in [-0.25, -0.2) is 0 Å². The maximum atomic E-state index is 13.4. The maximum absolute atomic E-state index is 13.4. The molecular weight excluding hydrogens is 460 g/mol. The Kier molecular flexibility index (Phi) is 7.11. The van der Waals surface area contributed by atoms with Crippen molar-refractivity contribution in [3.63, 3.8) is 0 Å². The van der Waals surface area contributed by atoms with Gasteiger partial charge in [-0.1, -0.05) is 45.9 Å². The lowest BCUT2D eigenvalue weighted by Crippen LogP contribution is -2.63. The second-order valence-corrected chi connectivity index (χ2v) is 12.6. The Morgan fingerprint density at radius 2 is 2.03 bits per heavy atom. The predicted octanol–water partition coefficient (Wildman–Crippen LogP) is 5.50. The van der Waals surface area contributed by atoms with Gasteiger partial charge in [-0.2, -0.15) is 0 Å². The van der Waals surface area contributed by atoms with Gasteiger partial charge in [-0.15, -0.1) is 18.3 Å². The minimum atomic E-state index is -0.673. The summed E-state index contributed by atoms with van der Waals surface area (Å²) >= 11 is 1.33. The van der Waals surface area contributed by atoms with E-state index >= 15 is 0 Å². The quantitative estimate of drug-likeness (QED) is 0.241. The van der Waals surface area contributed by atoms with E-state index in [-0.39, 0.29) is 40.7 Å². The number of aliphatic hydroxyl groups excluding tert-OH is 1. The number of rotatable bonds is 6. The van der Waals surface area contributed by atoms with Crippen LogP contribution in [0.25, 0.3) is 0 Å². The highest BCUT2D eigenvalue weighted by atomic mass is 32.2. The van der Waals surface area contributed by atoms with Gasteiger partial charge in [0.05, 0.1) is 11.9 Å². The van der Waals surface area contributed by atoms with Crippen molar-refractivity contribution < 1.29 is 24.2 Å². The summed E-state index contributed by atoms with van der Waals surface area (Å²) in [5.74, 6) is -0.0634. The van der Waals surface area contributed by atoms with Gasteiger partial charge in [0, 0.05) is 33.6 Å². The van der Waals surface area contributed by atoms with E-state index in [9.17, 15) is 19.5 Å². The number of ether oxygens (including phenoxy) is 1. The number of carbonyl (C=O) groups excluding carboxylic acids is 3. The molecule has 35 heavy (non-hydrogen) atoms. The minimum Gasteiger partial charge on any atom is -0.461 e. The fourth-order valence-electron chi connectivity index (χ4n) is 7.51. The first kappa shape index (κ1) is 26.2. The van der Waals surface area contributed by atoms with Gasteiger partial charge in [0.2, 0.25) is 0 Å². The standard InChI is InChI=1S/C29H38O5S/c1-6-27(4)15-23(34-24(32)17-35-21-9-7-8-20(14-21)16-30)28(5)18(2)10-12-29(19(3)26(27)33)13-11-22(31)25(28)29/h6-9,14,16,18-19,23,25-26,33H,1,10-13,15,17H2,2-5H3/t18?,19-,23+,25?,26-,27+,28-,29?/m0/s1. The van der Waals surface area contributed by atoms with Crippen molar-refractivity contribution in [2.75, 3.05) is 5.75 Å². The van der Waals surface area contributed by atoms with Crippen molar-refractivity contribution in [1.29, 1.82) is 0 Å². The Hall–Kier alpha value is -1.92. The van der Waals surface area contributed by atoms with Crippen LogP contribution in [0, 0.1) is 34.0 Å². The number of benzene rings is 1. The number of ketones is 1. The van der Waals surface area contributed by atoms with E-state index in [4.69, 9.17) is 4.74 Å². The van der Waals surface area contributed by atoms with E-state index in [1.807, 2.05) is 19.1 Å². The van der Waals surface area contributed by atoms with Gasteiger partial charge in [-0.05, 0) is 55.1 Å². The van der Waals surface area contributed by atoms with Crippen LogP contribution in [0.5, 0.6) is 0 Å². The fraction of sp³-hybridized carbons (Fsp3) is 0.621.